The largest absolute Gasteiger partial charge is 0.339 e. The molecule has 6 nitrogen and oxygen atoms in total. The predicted molar refractivity (Wildman–Crippen MR) is 82.2 cm³/mol. The Balaban J connectivity index is 2.47. The molecule has 1 aliphatic rings. The molecule has 1 aromatic rings. The van der Waals surface area contributed by atoms with E-state index in [1.807, 2.05) is 13.8 Å². The van der Waals surface area contributed by atoms with Gasteiger partial charge in [0.05, 0.1) is 5.56 Å². The van der Waals surface area contributed by atoms with Crippen molar-refractivity contribution in [1.82, 2.24) is 9.21 Å². The van der Waals surface area contributed by atoms with Crippen molar-refractivity contribution in [1.29, 1.82) is 0 Å². The zero-order valence-corrected chi connectivity index (χ0v) is 14.0. The minimum Gasteiger partial charge on any atom is -0.339 e. The maximum Gasteiger partial charge on any atom is 0.268 e. The van der Waals surface area contributed by atoms with E-state index in [9.17, 15) is 18.0 Å². The van der Waals surface area contributed by atoms with Gasteiger partial charge in [0, 0.05) is 25.2 Å². The highest BCUT2D eigenvalue weighted by molar-refractivity contribution is 7.90. The number of fused-ring (bicyclic) bond motifs is 1. The third-order valence-corrected chi connectivity index (χ3v) is 6.01. The molecule has 7 heteroatoms. The number of carbonyl (C=O) groups excluding carboxylic acids is 2. The molecule has 120 valence electrons. The van der Waals surface area contributed by atoms with E-state index in [4.69, 9.17) is 0 Å². The normalized spacial score (nSPS) is 17.3. The minimum absolute atomic E-state index is 0.0473. The van der Waals surface area contributed by atoms with Gasteiger partial charge in [-0.3, -0.25) is 9.59 Å². The van der Waals surface area contributed by atoms with E-state index in [1.54, 1.807) is 18.9 Å². The van der Waals surface area contributed by atoms with Crippen molar-refractivity contribution in [3.05, 3.63) is 29.3 Å². The Morgan fingerprint density at radius 1 is 1.32 bits per heavy atom. The second-order valence-corrected chi connectivity index (χ2v) is 7.19. The standard InChI is InChI=1S/C15H20N2O4S/c1-5-10(3)16(4)14(18)11-7-8-12-13(9-11)22(20,21)17(6-2)15(12)19/h7-10H,5-6H2,1-4H3. The van der Waals surface area contributed by atoms with Crippen molar-refractivity contribution in [3.8, 4) is 0 Å². The zero-order chi connectivity index (χ0) is 16.7. The minimum atomic E-state index is -3.84. The van der Waals surface area contributed by atoms with Gasteiger partial charge in [0.15, 0.2) is 0 Å². The first-order chi connectivity index (χ1) is 10.3. The van der Waals surface area contributed by atoms with Crippen molar-refractivity contribution in [3.63, 3.8) is 0 Å². The lowest BCUT2D eigenvalue weighted by Gasteiger charge is -2.24. The van der Waals surface area contributed by atoms with Crippen LogP contribution in [0.15, 0.2) is 23.1 Å². The fraction of sp³-hybridized carbons (Fsp3) is 0.467. The van der Waals surface area contributed by atoms with Gasteiger partial charge in [-0.2, -0.15) is 0 Å². The molecule has 2 rings (SSSR count). The lowest BCUT2D eigenvalue weighted by Crippen LogP contribution is -2.34. The molecular weight excluding hydrogens is 304 g/mol. The van der Waals surface area contributed by atoms with Crippen LogP contribution in [-0.2, 0) is 10.0 Å². The molecule has 0 fully saturated rings. The molecule has 0 spiro atoms. The molecule has 1 aliphatic heterocycles. The number of amides is 2. The molecule has 0 aliphatic carbocycles. The van der Waals surface area contributed by atoms with E-state index >= 15 is 0 Å². The summed E-state index contributed by atoms with van der Waals surface area (Å²) in [5, 5.41) is 0. The Morgan fingerprint density at radius 3 is 2.50 bits per heavy atom. The van der Waals surface area contributed by atoms with Crippen LogP contribution in [0.3, 0.4) is 0 Å². The molecule has 2 amide bonds. The highest BCUT2D eigenvalue weighted by Crippen LogP contribution is 2.31. The Bertz CT molecular complexity index is 727. The summed E-state index contributed by atoms with van der Waals surface area (Å²) in [5.41, 5.74) is 0.403. The molecular formula is C15H20N2O4S. The summed E-state index contributed by atoms with van der Waals surface area (Å²) in [7, 11) is -2.16. The van der Waals surface area contributed by atoms with Gasteiger partial charge in [0.25, 0.3) is 21.8 Å². The summed E-state index contributed by atoms with van der Waals surface area (Å²) in [6, 6.07) is 4.28. The van der Waals surface area contributed by atoms with Crippen LogP contribution in [0.4, 0.5) is 0 Å². The van der Waals surface area contributed by atoms with E-state index in [0.717, 1.165) is 10.7 Å². The number of nitrogens with zero attached hydrogens (tertiary/aromatic N) is 2. The smallest absolute Gasteiger partial charge is 0.268 e. The molecule has 1 atom stereocenters. The van der Waals surface area contributed by atoms with Crippen molar-refractivity contribution in [2.75, 3.05) is 13.6 Å². The summed E-state index contributed by atoms with van der Waals surface area (Å²) in [6.07, 6.45) is 0.799. The van der Waals surface area contributed by atoms with Gasteiger partial charge in [0.2, 0.25) is 0 Å². The highest BCUT2D eigenvalue weighted by Gasteiger charge is 2.40. The average Bonchev–Trinajstić information content (AvgIpc) is 2.70. The fourth-order valence-corrected chi connectivity index (χ4v) is 4.00. The Kier molecular flexibility index (Phi) is 4.28. The highest BCUT2D eigenvalue weighted by atomic mass is 32.2. The Hall–Kier alpha value is -1.89. The van der Waals surface area contributed by atoms with Gasteiger partial charge in [-0.05, 0) is 38.5 Å². The van der Waals surface area contributed by atoms with Gasteiger partial charge >= 0.3 is 0 Å². The van der Waals surface area contributed by atoms with Gasteiger partial charge in [-0.1, -0.05) is 6.92 Å². The van der Waals surface area contributed by atoms with E-state index in [2.05, 4.69) is 0 Å². The predicted octanol–water partition coefficient (Wildman–Crippen LogP) is 1.72. The molecule has 0 saturated heterocycles. The van der Waals surface area contributed by atoms with Crippen LogP contribution in [0, 0.1) is 0 Å². The monoisotopic (exact) mass is 324 g/mol. The van der Waals surface area contributed by atoms with Crippen LogP contribution in [0.2, 0.25) is 0 Å². The van der Waals surface area contributed by atoms with Crippen molar-refractivity contribution in [2.45, 2.75) is 38.1 Å². The Labute approximate surface area is 130 Å². The molecule has 0 N–H and O–H groups in total. The first-order valence-corrected chi connectivity index (χ1v) is 8.68. The number of hydrogen-bond donors (Lipinski definition) is 0. The molecule has 0 bridgehead atoms. The average molecular weight is 324 g/mol. The van der Waals surface area contributed by atoms with Crippen LogP contribution in [-0.4, -0.2) is 49.1 Å². The third kappa shape index (κ3) is 2.39. The molecule has 1 aromatic carbocycles. The summed E-state index contributed by atoms with van der Waals surface area (Å²) < 4.78 is 25.5. The molecule has 0 aromatic heterocycles. The van der Waals surface area contributed by atoms with Crippen LogP contribution in [0.25, 0.3) is 0 Å². The summed E-state index contributed by atoms with van der Waals surface area (Å²) >= 11 is 0. The van der Waals surface area contributed by atoms with Crippen LogP contribution < -0.4 is 0 Å². The summed E-state index contributed by atoms with van der Waals surface area (Å²) in [4.78, 5) is 26.0. The number of hydrogen-bond acceptors (Lipinski definition) is 4. The van der Waals surface area contributed by atoms with Crippen molar-refractivity contribution < 1.29 is 18.0 Å². The SMILES string of the molecule is CCC(C)N(C)C(=O)c1ccc2c(c1)S(=O)(=O)N(CC)C2=O. The van der Waals surface area contributed by atoms with Gasteiger partial charge in [-0.25, -0.2) is 12.7 Å². The second-order valence-electron chi connectivity index (χ2n) is 5.36. The van der Waals surface area contributed by atoms with Crippen LogP contribution in [0.1, 0.15) is 47.9 Å². The van der Waals surface area contributed by atoms with Crippen LogP contribution >= 0.6 is 0 Å². The topological polar surface area (TPSA) is 74.8 Å². The Morgan fingerprint density at radius 2 is 1.95 bits per heavy atom. The first kappa shape index (κ1) is 16.5. The molecule has 0 radical (unpaired) electrons. The molecule has 1 heterocycles. The fourth-order valence-electron chi connectivity index (χ4n) is 2.40. The quantitative estimate of drug-likeness (QED) is 0.845. The van der Waals surface area contributed by atoms with E-state index in [1.165, 1.54) is 18.2 Å². The number of benzene rings is 1. The zero-order valence-electron chi connectivity index (χ0n) is 13.2. The number of sulfonamides is 1. The third-order valence-electron chi connectivity index (χ3n) is 4.11. The summed E-state index contributed by atoms with van der Waals surface area (Å²) in [5.74, 6) is -0.790. The lowest BCUT2D eigenvalue weighted by molar-refractivity contribution is 0.0739. The van der Waals surface area contributed by atoms with E-state index in [-0.39, 0.29) is 34.5 Å². The first-order valence-electron chi connectivity index (χ1n) is 7.23. The summed E-state index contributed by atoms with van der Waals surface area (Å²) in [6.45, 7) is 5.57. The van der Waals surface area contributed by atoms with E-state index < -0.39 is 15.9 Å². The second kappa shape index (κ2) is 5.72. The maximum absolute atomic E-state index is 12.4. The van der Waals surface area contributed by atoms with Gasteiger partial charge in [-0.15, -0.1) is 0 Å². The van der Waals surface area contributed by atoms with Crippen LogP contribution in [0.5, 0.6) is 0 Å². The van der Waals surface area contributed by atoms with Gasteiger partial charge in [0.1, 0.15) is 4.90 Å². The molecule has 1 unspecified atom stereocenters. The van der Waals surface area contributed by atoms with Crippen molar-refractivity contribution >= 4 is 21.8 Å². The number of rotatable bonds is 4. The van der Waals surface area contributed by atoms with Gasteiger partial charge < -0.3 is 4.90 Å². The van der Waals surface area contributed by atoms with E-state index in [0.29, 0.717) is 0 Å². The lowest BCUT2D eigenvalue weighted by atomic mass is 10.1. The molecule has 0 saturated carbocycles. The number of carbonyl (C=O) groups is 2. The molecule has 22 heavy (non-hydrogen) atoms. The maximum atomic E-state index is 12.4. The van der Waals surface area contributed by atoms with Crippen molar-refractivity contribution in [2.24, 2.45) is 0 Å².